The minimum Gasteiger partial charge on any atom is -0.464 e. The van der Waals surface area contributed by atoms with Crippen LogP contribution in [0.5, 0.6) is 0 Å². The molecule has 0 spiro atoms. The van der Waals surface area contributed by atoms with Gasteiger partial charge in [-0.1, -0.05) is 39.0 Å². The Morgan fingerprint density at radius 3 is 2.70 bits per heavy atom. The molecule has 1 aliphatic carbocycles. The van der Waals surface area contributed by atoms with Crippen LogP contribution >= 0.6 is 0 Å². The zero-order valence-electron chi connectivity index (χ0n) is 16.4. The first kappa shape index (κ1) is 17.8. The standard InChI is InChI=1S/C23H26N2O2/c1-14(2)15-8-9-17-18(21(23(3)10-11-23)25-20(17)12-15)13-16-6-5-7-19(24-16)22(26)27-4/h5-9,12,14,25H,10-11,13H2,1-4H3. The average Bonchev–Trinajstić information content (AvgIpc) is 3.31. The van der Waals surface area contributed by atoms with Gasteiger partial charge in [0, 0.05) is 34.1 Å². The zero-order chi connectivity index (χ0) is 19.2. The number of aromatic nitrogens is 2. The Labute approximate surface area is 160 Å². The lowest BCUT2D eigenvalue weighted by molar-refractivity contribution is 0.0593. The van der Waals surface area contributed by atoms with Gasteiger partial charge < -0.3 is 9.72 Å². The SMILES string of the molecule is COC(=O)c1cccc(Cc2c(C3(C)CC3)[nH]c3cc(C(C)C)ccc23)n1. The monoisotopic (exact) mass is 362 g/mol. The van der Waals surface area contributed by atoms with E-state index < -0.39 is 5.97 Å². The van der Waals surface area contributed by atoms with Crippen LogP contribution in [-0.2, 0) is 16.6 Å². The topological polar surface area (TPSA) is 55.0 Å². The number of carbonyl (C=O) groups is 1. The molecule has 1 N–H and O–H groups in total. The summed E-state index contributed by atoms with van der Waals surface area (Å²) in [5.74, 6) is 0.103. The molecule has 1 aromatic carbocycles. The first-order chi connectivity index (χ1) is 12.9. The third kappa shape index (κ3) is 3.25. The van der Waals surface area contributed by atoms with Gasteiger partial charge in [-0.2, -0.15) is 0 Å². The molecule has 4 rings (SSSR count). The number of H-pyrrole nitrogens is 1. The van der Waals surface area contributed by atoms with Crippen LogP contribution < -0.4 is 0 Å². The number of fused-ring (bicyclic) bond motifs is 1. The van der Waals surface area contributed by atoms with Crippen molar-refractivity contribution in [3.63, 3.8) is 0 Å². The van der Waals surface area contributed by atoms with Crippen molar-refractivity contribution in [1.82, 2.24) is 9.97 Å². The Morgan fingerprint density at radius 2 is 2.04 bits per heavy atom. The minimum absolute atomic E-state index is 0.228. The maximum atomic E-state index is 11.8. The molecule has 0 bridgehead atoms. The molecular formula is C23H26N2O2. The number of hydrogen-bond donors (Lipinski definition) is 1. The van der Waals surface area contributed by atoms with Gasteiger partial charge in [-0.15, -0.1) is 0 Å². The van der Waals surface area contributed by atoms with Gasteiger partial charge in [0.2, 0.25) is 0 Å². The highest BCUT2D eigenvalue weighted by atomic mass is 16.5. The summed E-state index contributed by atoms with van der Waals surface area (Å²) in [6.45, 7) is 6.76. The van der Waals surface area contributed by atoms with Crippen molar-refractivity contribution in [3.8, 4) is 0 Å². The molecule has 2 aromatic heterocycles. The highest BCUT2D eigenvalue weighted by Crippen LogP contribution is 2.50. The van der Waals surface area contributed by atoms with Gasteiger partial charge in [-0.05, 0) is 48.1 Å². The summed E-state index contributed by atoms with van der Waals surface area (Å²) in [5.41, 5.74) is 6.63. The summed E-state index contributed by atoms with van der Waals surface area (Å²) < 4.78 is 4.81. The second-order valence-corrected chi connectivity index (χ2v) is 8.18. The number of methoxy groups -OCH3 is 1. The van der Waals surface area contributed by atoms with Crippen LogP contribution in [-0.4, -0.2) is 23.0 Å². The van der Waals surface area contributed by atoms with Crippen LogP contribution in [0, 0.1) is 0 Å². The van der Waals surface area contributed by atoms with Crippen molar-refractivity contribution >= 4 is 16.9 Å². The number of hydrogen-bond acceptors (Lipinski definition) is 3. The molecule has 1 fully saturated rings. The maximum Gasteiger partial charge on any atom is 0.356 e. The van der Waals surface area contributed by atoms with E-state index in [-0.39, 0.29) is 5.41 Å². The van der Waals surface area contributed by atoms with Crippen molar-refractivity contribution in [2.75, 3.05) is 7.11 Å². The van der Waals surface area contributed by atoms with Gasteiger partial charge in [-0.3, -0.25) is 0 Å². The number of nitrogens with zero attached hydrogens (tertiary/aromatic N) is 1. The fourth-order valence-electron chi connectivity index (χ4n) is 3.75. The summed E-state index contributed by atoms with van der Waals surface area (Å²) in [6.07, 6.45) is 3.12. The van der Waals surface area contributed by atoms with E-state index in [9.17, 15) is 4.79 Å². The van der Waals surface area contributed by atoms with Crippen molar-refractivity contribution in [2.45, 2.75) is 51.4 Å². The van der Waals surface area contributed by atoms with Gasteiger partial charge in [0.25, 0.3) is 0 Å². The van der Waals surface area contributed by atoms with Crippen LogP contribution in [0.25, 0.3) is 10.9 Å². The van der Waals surface area contributed by atoms with E-state index in [1.54, 1.807) is 6.07 Å². The molecule has 4 heteroatoms. The molecule has 0 aliphatic heterocycles. The van der Waals surface area contributed by atoms with E-state index in [0.29, 0.717) is 18.0 Å². The van der Waals surface area contributed by atoms with Crippen LogP contribution in [0.15, 0.2) is 36.4 Å². The molecule has 140 valence electrons. The largest absolute Gasteiger partial charge is 0.464 e. The van der Waals surface area contributed by atoms with E-state index in [1.165, 1.54) is 47.7 Å². The van der Waals surface area contributed by atoms with Crippen molar-refractivity contribution < 1.29 is 9.53 Å². The molecule has 0 saturated heterocycles. The Kier molecular flexibility index (Phi) is 4.29. The smallest absolute Gasteiger partial charge is 0.356 e. The fourth-order valence-corrected chi connectivity index (χ4v) is 3.75. The Morgan fingerprint density at radius 1 is 1.26 bits per heavy atom. The Hall–Kier alpha value is -2.62. The molecule has 4 nitrogen and oxygen atoms in total. The molecule has 0 unspecified atom stereocenters. The fraction of sp³-hybridized carbons (Fsp3) is 0.391. The molecule has 0 atom stereocenters. The van der Waals surface area contributed by atoms with Crippen LogP contribution in [0.2, 0.25) is 0 Å². The van der Waals surface area contributed by atoms with Gasteiger partial charge in [0.1, 0.15) is 5.69 Å². The molecule has 2 heterocycles. The molecule has 0 radical (unpaired) electrons. The first-order valence-corrected chi connectivity index (χ1v) is 9.60. The number of ether oxygens (including phenoxy) is 1. The number of pyridine rings is 1. The van der Waals surface area contributed by atoms with Crippen LogP contribution in [0.3, 0.4) is 0 Å². The maximum absolute atomic E-state index is 11.8. The normalized spacial score (nSPS) is 15.3. The molecule has 0 amide bonds. The van der Waals surface area contributed by atoms with E-state index in [1.807, 2.05) is 12.1 Å². The number of rotatable bonds is 5. The average molecular weight is 362 g/mol. The van der Waals surface area contributed by atoms with Crippen molar-refractivity contribution in [2.24, 2.45) is 0 Å². The Bertz CT molecular complexity index is 1010. The number of esters is 1. The van der Waals surface area contributed by atoms with E-state index in [2.05, 4.69) is 48.9 Å². The lowest BCUT2D eigenvalue weighted by Crippen LogP contribution is -2.08. The van der Waals surface area contributed by atoms with E-state index in [0.717, 1.165) is 5.69 Å². The molecule has 27 heavy (non-hydrogen) atoms. The predicted octanol–water partition coefficient (Wildman–Crippen LogP) is 5.12. The summed E-state index contributed by atoms with van der Waals surface area (Å²) in [5, 5.41) is 1.26. The van der Waals surface area contributed by atoms with Crippen LogP contribution in [0.1, 0.15) is 72.5 Å². The molecular weight excluding hydrogens is 336 g/mol. The van der Waals surface area contributed by atoms with Crippen LogP contribution in [0.4, 0.5) is 0 Å². The summed E-state index contributed by atoms with van der Waals surface area (Å²) in [7, 11) is 1.38. The van der Waals surface area contributed by atoms with E-state index in [4.69, 9.17) is 4.74 Å². The second-order valence-electron chi connectivity index (χ2n) is 8.18. The van der Waals surface area contributed by atoms with Gasteiger partial charge in [-0.25, -0.2) is 9.78 Å². The van der Waals surface area contributed by atoms with Gasteiger partial charge in [0.05, 0.1) is 7.11 Å². The molecule has 1 saturated carbocycles. The highest BCUT2D eigenvalue weighted by molar-refractivity contribution is 5.88. The minimum atomic E-state index is -0.397. The summed E-state index contributed by atoms with van der Waals surface area (Å²) >= 11 is 0. The molecule has 3 aromatic rings. The van der Waals surface area contributed by atoms with Gasteiger partial charge >= 0.3 is 5.97 Å². The first-order valence-electron chi connectivity index (χ1n) is 9.60. The zero-order valence-corrected chi connectivity index (χ0v) is 16.4. The van der Waals surface area contributed by atoms with E-state index >= 15 is 0 Å². The van der Waals surface area contributed by atoms with Gasteiger partial charge in [0.15, 0.2) is 0 Å². The predicted molar refractivity (Wildman–Crippen MR) is 107 cm³/mol. The Balaban J connectivity index is 1.79. The third-order valence-corrected chi connectivity index (χ3v) is 5.76. The summed E-state index contributed by atoms with van der Waals surface area (Å²) in [4.78, 5) is 20.1. The highest BCUT2D eigenvalue weighted by Gasteiger charge is 2.42. The number of benzene rings is 1. The number of nitrogens with one attached hydrogen (secondary N) is 1. The van der Waals surface area contributed by atoms with Crippen molar-refractivity contribution in [3.05, 3.63) is 64.6 Å². The lowest BCUT2D eigenvalue weighted by atomic mass is 9.95. The lowest BCUT2D eigenvalue weighted by Gasteiger charge is -2.11. The molecule has 1 aliphatic rings. The van der Waals surface area contributed by atoms with Crippen molar-refractivity contribution in [1.29, 1.82) is 0 Å². The number of carbonyl (C=O) groups excluding carboxylic acids is 1. The summed E-state index contributed by atoms with van der Waals surface area (Å²) in [6, 6.07) is 12.3. The third-order valence-electron chi connectivity index (χ3n) is 5.76. The second kappa shape index (κ2) is 6.52. The number of aromatic amines is 1. The quantitative estimate of drug-likeness (QED) is 0.641.